The minimum Gasteiger partial charge on any atom is -0.142 e. The van der Waals surface area contributed by atoms with Crippen LogP contribution in [-0.2, 0) is 0 Å². The van der Waals surface area contributed by atoms with Crippen molar-refractivity contribution in [2.24, 2.45) is 0 Å². The summed E-state index contributed by atoms with van der Waals surface area (Å²) in [5, 5.41) is 4.40. The Bertz CT molecular complexity index is 589. The van der Waals surface area contributed by atoms with Crippen LogP contribution in [0.4, 0.5) is 0 Å². The van der Waals surface area contributed by atoms with Gasteiger partial charge in [-0.15, -0.1) is 22.7 Å². The summed E-state index contributed by atoms with van der Waals surface area (Å²) in [7, 11) is 0. The van der Waals surface area contributed by atoms with Crippen LogP contribution in [0.1, 0.15) is 0 Å². The Hall–Kier alpha value is -0.640. The molecule has 15 heavy (non-hydrogen) atoms. The van der Waals surface area contributed by atoms with Gasteiger partial charge in [0.2, 0.25) is 0 Å². The smallest absolute Gasteiger partial charge is 0.0528 e. The van der Waals surface area contributed by atoms with Gasteiger partial charge in [0.15, 0.2) is 0 Å². The molecule has 3 rings (SSSR count). The highest BCUT2D eigenvalue weighted by Gasteiger charge is 2.06. The van der Waals surface area contributed by atoms with Gasteiger partial charge in [-0.05, 0) is 29.1 Å². The Balaban J connectivity index is 2.21. The normalized spacial score (nSPS) is 11.0. The first-order valence-corrected chi connectivity index (χ1v) is 7.10. The predicted octanol–water partition coefficient (Wildman–Crippen LogP) is 5.39. The first-order chi connectivity index (χ1) is 7.34. The van der Waals surface area contributed by atoms with E-state index in [9.17, 15) is 0 Å². The van der Waals surface area contributed by atoms with Crippen LogP contribution in [0.5, 0.6) is 0 Å². The first kappa shape index (κ1) is 9.58. The van der Waals surface area contributed by atoms with E-state index in [4.69, 9.17) is 0 Å². The highest BCUT2D eigenvalue weighted by molar-refractivity contribution is 9.10. The minimum atomic E-state index is 1.13. The van der Waals surface area contributed by atoms with E-state index in [-0.39, 0.29) is 0 Å². The third kappa shape index (κ3) is 1.65. The minimum absolute atomic E-state index is 1.13. The summed E-state index contributed by atoms with van der Waals surface area (Å²) in [5.74, 6) is 0. The molecule has 1 aromatic carbocycles. The van der Waals surface area contributed by atoms with E-state index in [1.165, 1.54) is 20.5 Å². The monoisotopic (exact) mass is 294 g/mol. The van der Waals surface area contributed by atoms with E-state index in [2.05, 4.69) is 57.0 Å². The zero-order valence-electron chi connectivity index (χ0n) is 7.74. The Labute approximate surface area is 104 Å². The lowest BCUT2D eigenvalue weighted by atomic mass is 10.1. The molecule has 3 aromatic rings. The number of thiophene rings is 2. The second-order valence-electron chi connectivity index (χ2n) is 3.27. The van der Waals surface area contributed by atoms with E-state index in [1.54, 1.807) is 0 Å². The third-order valence-corrected chi connectivity index (χ3v) is 4.89. The lowest BCUT2D eigenvalue weighted by molar-refractivity contribution is 1.64. The van der Waals surface area contributed by atoms with Crippen molar-refractivity contribution >= 4 is 48.0 Å². The van der Waals surface area contributed by atoms with Crippen molar-refractivity contribution in [3.8, 4) is 11.1 Å². The van der Waals surface area contributed by atoms with Crippen molar-refractivity contribution in [2.75, 3.05) is 0 Å². The van der Waals surface area contributed by atoms with Gasteiger partial charge in [-0.3, -0.25) is 0 Å². The molecule has 0 aliphatic rings. The van der Waals surface area contributed by atoms with Crippen LogP contribution < -0.4 is 0 Å². The number of rotatable bonds is 1. The molecule has 0 unspecified atom stereocenters. The van der Waals surface area contributed by atoms with Gasteiger partial charge in [0.25, 0.3) is 0 Å². The summed E-state index contributed by atoms with van der Waals surface area (Å²) in [4.78, 5) is 0. The van der Waals surface area contributed by atoms with Crippen molar-refractivity contribution in [3.63, 3.8) is 0 Å². The van der Waals surface area contributed by atoms with E-state index >= 15 is 0 Å². The Morgan fingerprint density at radius 1 is 0.933 bits per heavy atom. The van der Waals surface area contributed by atoms with E-state index < -0.39 is 0 Å². The van der Waals surface area contributed by atoms with Gasteiger partial charge in [0.1, 0.15) is 0 Å². The van der Waals surface area contributed by atoms with Gasteiger partial charge >= 0.3 is 0 Å². The zero-order valence-corrected chi connectivity index (χ0v) is 11.0. The van der Waals surface area contributed by atoms with Crippen LogP contribution in [0.2, 0.25) is 0 Å². The summed E-state index contributed by atoms with van der Waals surface area (Å²) in [6.45, 7) is 0. The maximum Gasteiger partial charge on any atom is 0.0528 e. The molecule has 0 atom stereocenters. The fraction of sp³-hybridized carbons (Fsp3) is 0. The van der Waals surface area contributed by atoms with E-state index in [0.29, 0.717) is 0 Å². The molecule has 0 saturated heterocycles. The number of halogens is 1. The topological polar surface area (TPSA) is 0 Å². The largest absolute Gasteiger partial charge is 0.142 e. The Morgan fingerprint density at radius 2 is 1.73 bits per heavy atom. The van der Waals surface area contributed by atoms with Gasteiger partial charge < -0.3 is 0 Å². The van der Waals surface area contributed by atoms with Crippen LogP contribution in [0, 0.1) is 0 Å². The van der Waals surface area contributed by atoms with Crippen molar-refractivity contribution in [2.45, 2.75) is 0 Å². The molecular weight excluding hydrogens is 288 g/mol. The van der Waals surface area contributed by atoms with Gasteiger partial charge in [-0.25, -0.2) is 0 Å². The molecule has 0 aliphatic heterocycles. The number of fused-ring (bicyclic) bond motifs is 1. The molecule has 0 saturated carbocycles. The van der Waals surface area contributed by atoms with Crippen LogP contribution >= 0.6 is 38.6 Å². The molecule has 0 radical (unpaired) electrons. The molecule has 0 bridgehead atoms. The first-order valence-electron chi connectivity index (χ1n) is 4.55. The van der Waals surface area contributed by atoms with Crippen molar-refractivity contribution in [3.05, 3.63) is 45.6 Å². The summed E-state index contributed by atoms with van der Waals surface area (Å²) in [6, 6.07) is 10.7. The second-order valence-corrected chi connectivity index (χ2v) is 6.01. The summed E-state index contributed by atoms with van der Waals surface area (Å²) >= 11 is 7.09. The summed E-state index contributed by atoms with van der Waals surface area (Å²) in [5.41, 5.74) is 2.66. The van der Waals surface area contributed by atoms with Crippen molar-refractivity contribution < 1.29 is 0 Å². The highest BCUT2D eigenvalue weighted by atomic mass is 79.9. The second kappa shape index (κ2) is 3.74. The van der Waals surface area contributed by atoms with Crippen LogP contribution in [0.15, 0.2) is 45.6 Å². The molecule has 0 N–H and O–H groups in total. The molecular formula is C12H7BrS2. The van der Waals surface area contributed by atoms with Gasteiger partial charge in [-0.1, -0.05) is 28.1 Å². The molecule has 74 valence electrons. The number of hydrogen-bond acceptors (Lipinski definition) is 2. The average molecular weight is 295 g/mol. The fourth-order valence-electron chi connectivity index (χ4n) is 1.59. The van der Waals surface area contributed by atoms with Crippen molar-refractivity contribution in [1.82, 2.24) is 0 Å². The van der Waals surface area contributed by atoms with Crippen LogP contribution in [-0.4, -0.2) is 0 Å². The van der Waals surface area contributed by atoms with Gasteiger partial charge in [0.05, 0.1) is 4.70 Å². The summed E-state index contributed by atoms with van der Waals surface area (Å²) in [6.07, 6.45) is 0. The average Bonchev–Trinajstić information content (AvgIpc) is 2.80. The molecule has 0 aliphatic carbocycles. The van der Waals surface area contributed by atoms with Crippen LogP contribution in [0.3, 0.4) is 0 Å². The molecule has 2 heterocycles. The lowest BCUT2D eigenvalue weighted by Gasteiger charge is -1.97. The number of benzene rings is 1. The third-order valence-electron chi connectivity index (χ3n) is 2.33. The van der Waals surface area contributed by atoms with E-state index in [0.717, 1.165) is 4.47 Å². The molecule has 2 aromatic heterocycles. The van der Waals surface area contributed by atoms with Crippen molar-refractivity contribution in [1.29, 1.82) is 0 Å². The maximum absolute atomic E-state index is 3.46. The zero-order chi connectivity index (χ0) is 10.3. The molecule has 0 fully saturated rings. The highest BCUT2D eigenvalue weighted by Crippen LogP contribution is 2.37. The molecule has 0 spiro atoms. The fourth-order valence-corrected chi connectivity index (χ4v) is 4.00. The molecule has 0 nitrogen and oxygen atoms in total. The molecule has 0 amide bonds. The predicted molar refractivity (Wildman–Crippen MR) is 72.8 cm³/mol. The van der Waals surface area contributed by atoms with E-state index in [1.807, 2.05) is 22.7 Å². The number of hydrogen-bond donors (Lipinski definition) is 0. The lowest BCUT2D eigenvalue weighted by Crippen LogP contribution is -1.72. The summed E-state index contributed by atoms with van der Waals surface area (Å²) < 4.78 is 3.92. The Kier molecular flexibility index (Phi) is 2.39. The quantitative estimate of drug-likeness (QED) is 0.564. The SMILES string of the molecule is Brc1ccc(-c2csc3ccsc23)cc1. The molecule has 3 heteroatoms. The van der Waals surface area contributed by atoms with Crippen LogP contribution in [0.25, 0.3) is 20.5 Å². The standard InChI is InChI=1S/C12H7BrS2/c13-9-3-1-8(2-4-9)10-7-15-11-5-6-14-12(10)11/h1-7H. The van der Waals surface area contributed by atoms with Gasteiger partial charge in [-0.2, -0.15) is 0 Å². The maximum atomic E-state index is 3.46. The van der Waals surface area contributed by atoms with Gasteiger partial charge in [0, 0.05) is 20.1 Å². The Morgan fingerprint density at radius 3 is 2.53 bits per heavy atom.